The van der Waals surface area contributed by atoms with Crippen LogP contribution in [-0.4, -0.2) is 28.8 Å². The summed E-state index contributed by atoms with van der Waals surface area (Å²) in [6, 6.07) is 4.74. The lowest BCUT2D eigenvalue weighted by atomic mass is 10.1. The molecule has 0 aliphatic carbocycles. The van der Waals surface area contributed by atoms with E-state index in [1.54, 1.807) is 6.07 Å². The van der Waals surface area contributed by atoms with Gasteiger partial charge in [-0.05, 0) is 51.3 Å². The number of phenolic OH excluding ortho intramolecular Hbond substituents is 1. The van der Waals surface area contributed by atoms with Gasteiger partial charge in [0, 0.05) is 18.2 Å². The van der Waals surface area contributed by atoms with E-state index in [0.29, 0.717) is 16.6 Å². The SMILES string of the molecule is O=C(NC(CO)c1cc(O)cc(F)c1)C1Cc2cc(Br)c(F)cc2N1. The van der Waals surface area contributed by atoms with Gasteiger partial charge in [-0.3, -0.25) is 4.79 Å². The van der Waals surface area contributed by atoms with Gasteiger partial charge in [-0.1, -0.05) is 0 Å². The van der Waals surface area contributed by atoms with Gasteiger partial charge in [0.2, 0.25) is 5.91 Å². The molecule has 2 aromatic carbocycles. The van der Waals surface area contributed by atoms with Crippen LogP contribution in [0, 0.1) is 11.6 Å². The molecular formula is C17H15BrF2N2O3. The number of aromatic hydroxyl groups is 1. The predicted molar refractivity (Wildman–Crippen MR) is 91.2 cm³/mol. The summed E-state index contributed by atoms with van der Waals surface area (Å²) < 4.78 is 27.3. The Morgan fingerprint density at radius 2 is 2.08 bits per heavy atom. The molecule has 0 saturated carbocycles. The van der Waals surface area contributed by atoms with Crippen LogP contribution in [0.4, 0.5) is 14.5 Å². The monoisotopic (exact) mass is 412 g/mol. The second kappa shape index (κ2) is 6.97. The fourth-order valence-electron chi connectivity index (χ4n) is 2.81. The molecule has 132 valence electrons. The maximum Gasteiger partial charge on any atom is 0.243 e. The number of benzene rings is 2. The van der Waals surface area contributed by atoms with E-state index in [4.69, 9.17) is 0 Å². The molecule has 0 aromatic heterocycles. The first kappa shape index (κ1) is 17.6. The highest BCUT2D eigenvalue weighted by Gasteiger charge is 2.29. The smallest absolute Gasteiger partial charge is 0.243 e. The number of halogens is 3. The number of aliphatic hydroxyl groups excluding tert-OH is 1. The molecule has 5 nitrogen and oxygen atoms in total. The van der Waals surface area contributed by atoms with Gasteiger partial charge in [0.25, 0.3) is 0 Å². The number of aliphatic hydroxyl groups is 1. The molecule has 25 heavy (non-hydrogen) atoms. The topological polar surface area (TPSA) is 81.6 Å². The van der Waals surface area contributed by atoms with E-state index in [2.05, 4.69) is 26.6 Å². The lowest BCUT2D eigenvalue weighted by molar-refractivity contribution is -0.122. The molecular weight excluding hydrogens is 398 g/mol. The lowest BCUT2D eigenvalue weighted by Crippen LogP contribution is -2.41. The highest BCUT2D eigenvalue weighted by atomic mass is 79.9. The Bertz CT molecular complexity index is 781. The normalized spacial score (nSPS) is 16.9. The molecule has 0 saturated heterocycles. The van der Waals surface area contributed by atoms with Crippen molar-refractivity contribution in [2.75, 3.05) is 11.9 Å². The third-order valence-electron chi connectivity index (χ3n) is 4.02. The summed E-state index contributed by atoms with van der Waals surface area (Å²) in [6.07, 6.45) is 0.354. The van der Waals surface area contributed by atoms with Gasteiger partial charge in [-0.15, -0.1) is 0 Å². The Morgan fingerprint density at radius 3 is 2.76 bits per heavy atom. The van der Waals surface area contributed by atoms with Crippen molar-refractivity contribution in [3.8, 4) is 5.75 Å². The first-order valence-electron chi connectivity index (χ1n) is 7.52. The standard InChI is InChI=1S/C17H15BrF2N2O3/c18-12-3-9-4-15(21-14(9)6-13(12)20)17(25)22-16(7-23)8-1-10(19)5-11(24)2-8/h1-3,5-6,15-16,21,23-24H,4,7H2,(H,22,25). The molecule has 2 atom stereocenters. The van der Waals surface area contributed by atoms with Crippen LogP contribution in [-0.2, 0) is 11.2 Å². The predicted octanol–water partition coefficient (Wildman–Crippen LogP) is 2.62. The van der Waals surface area contributed by atoms with Crippen molar-refractivity contribution in [2.24, 2.45) is 0 Å². The molecule has 1 heterocycles. The number of carbonyl (C=O) groups is 1. The first-order valence-corrected chi connectivity index (χ1v) is 8.32. The number of nitrogens with one attached hydrogen (secondary N) is 2. The van der Waals surface area contributed by atoms with E-state index in [0.717, 1.165) is 17.7 Å². The van der Waals surface area contributed by atoms with Crippen molar-refractivity contribution in [3.63, 3.8) is 0 Å². The average Bonchev–Trinajstić information content (AvgIpc) is 2.94. The van der Waals surface area contributed by atoms with Gasteiger partial charge in [0.1, 0.15) is 23.4 Å². The van der Waals surface area contributed by atoms with Crippen LogP contribution in [0.3, 0.4) is 0 Å². The Labute approximate surface area is 150 Å². The van der Waals surface area contributed by atoms with Crippen LogP contribution in [0.5, 0.6) is 5.75 Å². The average molecular weight is 413 g/mol. The molecule has 1 aliphatic rings. The molecule has 0 radical (unpaired) electrons. The third-order valence-corrected chi connectivity index (χ3v) is 4.63. The third kappa shape index (κ3) is 3.74. The largest absolute Gasteiger partial charge is 0.508 e. The van der Waals surface area contributed by atoms with Gasteiger partial charge < -0.3 is 20.8 Å². The van der Waals surface area contributed by atoms with E-state index in [1.165, 1.54) is 12.1 Å². The highest BCUT2D eigenvalue weighted by Crippen LogP contribution is 2.31. The molecule has 1 aliphatic heterocycles. The molecule has 2 aromatic rings. The van der Waals surface area contributed by atoms with Crippen LogP contribution in [0.1, 0.15) is 17.2 Å². The van der Waals surface area contributed by atoms with Crippen LogP contribution in [0.25, 0.3) is 0 Å². The Hall–Kier alpha value is -2.19. The van der Waals surface area contributed by atoms with Gasteiger partial charge in [0.15, 0.2) is 0 Å². The van der Waals surface area contributed by atoms with Crippen molar-refractivity contribution in [3.05, 3.63) is 57.6 Å². The molecule has 0 bridgehead atoms. The molecule has 4 N–H and O–H groups in total. The van der Waals surface area contributed by atoms with Crippen molar-refractivity contribution in [1.82, 2.24) is 5.32 Å². The number of phenols is 1. The summed E-state index contributed by atoms with van der Waals surface area (Å²) >= 11 is 3.11. The minimum absolute atomic E-state index is 0.248. The highest BCUT2D eigenvalue weighted by molar-refractivity contribution is 9.10. The number of rotatable bonds is 4. The minimum Gasteiger partial charge on any atom is -0.508 e. The molecule has 0 fully saturated rings. The number of hydrogen-bond acceptors (Lipinski definition) is 4. The quantitative estimate of drug-likeness (QED) is 0.622. The van der Waals surface area contributed by atoms with E-state index < -0.39 is 36.2 Å². The molecule has 1 amide bonds. The second-order valence-electron chi connectivity index (χ2n) is 5.81. The lowest BCUT2D eigenvalue weighted by Gasteiger charge is -2.20. The molecule has 8 heteroatoms. The second-order valence-corrected chi connectivity index (χ2v) is 6.67. The van der Waals surface area contributed by atoms with Gasteiger partial charge in [-0.2, -0.15) is 0 Å². The zero-order valence-corrected chi connectivity index (χ0v) is 14.5. The Balaban J connectivity index is 1.73. The zero-order chi connectivity index (χ0) is 18.1. The van der Waals surface area contributed by atoms with Crippen LogP contribution in [0.2, 0.25) is 0 Å². The number of fused-ring (bicyclic) bond motifs is 1. The molecule has 2 unspecified atom stereocenters. The first-order chi connectivity index (χ1) is 11.9. The summed E-state index contributed by atoms with van der Waals surface area (Å²) in [5, 5.41) is 24.5. The Kier molecular flexibility index (Phi) is 4.91. The maximum absolute atomic E-state index is 13.6. The summed E-state index contributed by atoms with van der Waals surface area (Å²) in [4.78, 5) is 12.4. The molecule has 3 rings (SSSR count). The fourth-order valence-corrected chi connectivity index (χ4v) is 3.20. The van der Waals surface area contributed by atoms with Crippen molar-refractivity contribution >= 4 is 27.5 Å². The Morgan fingerprint density at radius 1 is 1.32 bits per heavy atom. The zero-order valence-electron chi connectivity index (χ0n) is 12.9. The summed E-state index contributed by atoms with van der Waals surface area (Å²) in [6.45, 7) is -0.464. The number of hydrogen-bond donors (Lipinski definition) is 4. The van der Waals surface area contributed by atoms with Crippen molar-refractivity contribution < 1.29 is 23.8 Å². The van der Waals surface area contributed by atoms with E-state index in [9.17, 15) is 23.8 Å². The van der Waals surface area contributed by atoms with Gasteiger partial charge in [-0.25, -0.2) is 8.78 Å². The number of carbonyl (C=O) groups excluding carboxylic acids is 1. The van der Waals surface area contributed by atoms with Crippen molar-refractivity contribution in [1.29, 1.82) is 0 Å². The number of anilines is 1. The van der Waals surface area contributed by atoms with Crippen LogP contribution in [0.15, 0.2) is 34.8 Å². The molecule has 0 spiro atoms. The van der Waals surface area contributed by atoms with Gasteiger partial charge in [0.05, 0.1) is 17.1 Å². The van der Waals surface area contributed by atoms with E-state index >= 15 is 0 Å². The van der Waals surface area contributed by atoms with E-state index in [1.807, 2.05) is 0 Å². The van der Waals surface area contributed by atoms with E-state index in [-0.39, 0.29) is 11.3 Å². The summed E-state index contributed by atoms with van der Waals surface area (Å²) in [5.74, 6) is -1.82. The maximum atomic E-state index is 13.6. The van der Waals surface area contributed by atoms with Crippen LogP contribution < -0.4 is 10.6 Å². The minimum atomic E-state index is -0.872. The van der Waals surface area contributed by atoms with Crippen LogP contribution >= 0.6 is 15.9 Å². The summed E-state index contributed by atoms with van der Waals surface area (Å²) in [7, 11) is 0. The van der Waals surface area contributed by atoms with Crippen molar-refractivity contribution in [2.45, 2.75) is 18.5 Å². The number of amides is 1. The van der Waals surface area contributed by atoms with Gasteiger partial charge >= 0.3 is 0 Å². The fraction of sp³-hybridized carbons (Fsp3) is 0.235. The summed E-state index contributed by atoms with van der Waals surface area (Å²) in [5.41, 5.74) is 1.57.